The normalized spacial score (nSPS) is 16.0. The predicted molar refractivity (Wildman–Crippen MR) is 57.7 cm³/mol. The Hall–Kier alpha value is 0.310. The lowest BCUT2D eigenvalue weighted by atomic mass is 9.98. The molecule has 0 saturated heterocycles. The van der Waals surface area contributed by atoms with Crippen molar-refractivity contribution in [3.63, 3.8) is 0 Å². The molecule has 0 aromatic carbocycles. The summed E-state index contributed by atoms with van der Waals surface area (Å²) in [6.45, 7) is 6.47. The maximum absolute atomic E-state index is 9.66. The van der Waals surface area contributed by atoms with Crippen molar-refractivity contribution in [1.29, 1.82) is 0 Å². The molecule has 0 saturated carbocycles. The fourth-order valence-corrected chi connectivity index (χ4v) is 1.98. The van der Waals surface area contributed by atoms with E-state index >= 15 is 0 Å². The fraction of sp³-hybridized carbons (Fsp3) is 1.00. The van der Waals surface area contributed by atoms with E-state index in [9.17, 15) is 5.11 Å². The molecule has 0 aromatic rings. The minimum absolute atomic E-state index is 0.0796. The molecule has 12 heavy (non-hydrogen) atoms. The van der Waals surface area contributed by atoms with E-state index in [-0.39, 0.29) is 6.10 Å². The van der Waals surface area contributed by atoms with Gasteiger partial charge in [-0.05, 0) is 30.3 Å². The number of aliphatic hydroxyl groups is 1. The van der Waals surface area contributed by atoms with Gasteiger partial charge in [-0.25, -0.2) is 0 Å². The Morgan fingerprint density at radius 1 is 1.25 bits per heavy atom. The second kappa shape index (κ2) is 7.93. The van der Waals surface area contributed by atoms with Gasteiger partial charge in [0.15, 0.2) is 0 Å². The topological polar surface area (TPSA) is 20.2 Å². The molecule has 0 rings (SSSR count). The molecule has 0 bridgehead atoms. The molecule has 0 spiro atoms. The summed E-state index contributed by atoms with van der Waals surface area (Å²) in [5, 5.41) is 9.66. The molecule has 0 aliphatic heterocycles. The highest BCUT2D eigenvalue weighted by Gasteiger charge is 2.12. The molecule has 0 radical (unpaired) electrons. The van der Waals surface area contributed by atoms with E-state index in [1.54, 1.807) is 0 Å². The number of rotatable bonds is 7. The lowest BCUT2D eigenvalue weighted by molar-refractivity contribution is 0.109. The molecule has 2 atom stereocenters. The fourth-order valence-electron chi connectivity index (χ4n) is 1.28. The smallest absolute Gasteiger partial charge is 0.0573 e. The van der Waals surface area contributed by atoms with Crippen molar-refractivity contribution in [2.24, 2.45) is 5.92 Å². The van der Waals surface area contributed by atoms with Gasteiger partial charge >= 0.3 is 0 Å². The van der Waals surface area contributed by atoms with Crippen LogP contribution in [0.4, 0.5) is 0 Å². The number of hydrogen-bond donors (Lipinski definition) is 1. The summed E-state index contributed by atoms with van der Waals surface area (Å²) in [5.41, 5.74) is 0. The van der Waals surface area contributed by atoms with Gasteiger partial charge in [0, 0.05) is 0 Å². The van der Waals surface area contributed by atoms with Gasteiger partial charge in [-0.1, -0.05) is 27.2 Å². The Labute approximate surface area is 80.9 Å². The van der Waals surface area contributed by atoms with Gasteiger partial charge in [0.1, 0.15) is 0 Å². The second-order valence-corrected chi connectivity index (χ2v) is 4.71. The molecule has 74 valence electrons. The Bertz CT molecular complexity index is 95.8. The molecule has 1 nitrogen and oxygen atoms in total. The van der Waals surface area contributed by atoms with Crippen LogP contribution < -0.4 is 0 Å². The molecular weight excluding hydrogens is 168 g/mol. The molecule has 2 unspecified atom stereocenters. The number of aliphatic hydroxyl groups excluding tert-OH is 1. The van der Waals surface area contributed by atoms with E-state index in [1.165, 1.54) is 6.42 Å². The third kappa shape index (κ3) is 5.90. The van der Waals surface area contributed by atoms with Crippen LogP contribution in [-0.4, -0.2) is 22.7 Å². The van der Waals surface area contributed by atoms with Gasteiger partial charge in [0.2, 0.25) is 0 Å². The van der Waals surface area contributed by atoms with E-state index in [0.29, 0.717) is 5.92 Å². The zero-order valence-electron chi connectivity index (χ0n) is 8.55. The van der Waals surface area contributed by atoms with E-state index in [4.69, 9.17) is 0 Å². The van der Waals surface area contributed by atoms with Crippen LogP contribution in [0.3, 0.4) is 0 Å². The van der Waals surface area contributed by atoms with Crippen LogP contribution in [0.15, 0.2) is 0 Å². The molecule has 2 heteroatoms. The summed E-state index contributed by atoms with van der Waals surface area (Å²) in [7, 11) is 0. The summed E-state index contributed by atoms with van der Waals surface area (Å²) < 4.78 is 0. The van der Waals surface area contributed by atoms with E-state index < -0.39 is 0 Å². The zero-order valence-corrected chi connectivity index (χ0v) is 9.36. The maximum atomic E-state index is 9.66. The zero-order chi connectivity index (χ0) is 9.40. The first kappa shape index (κ1) is 12.3. The van der Waals surface area contributed by atoms with Crippen LogP contribution in [-0.2, 0) is 0 Å². The number of hydrogen-bond acceptors (Lipinski definition) is 2. The average molecular weight is 190 g/mol. The summed E-state index contributed by atoms with van der Waals surface area (Å²) in [5.74, 6) is 2.74. The predicted octanol–water partition coefficient (Wildman–Crippen LogP) is 2.93. The van der Waals surface area contributed by atoms with Crippen LogP contribution in [0.1, 0.15) is 40.0 Å². The van der Waals surface area contributed by atoms with Crippen molar-refractivity contribution in [3.05, 3.63) is 0 Å². The molecule has 0 aromatic heterocycles. The Balaban J connectivity index is 3.35. The summed E-state index contributed by atoms with van der Waals surface area (Å²) in [6, 6.07) is 0. The molecule has 1 N–H and O–H groups in total. The number of thioether (sulfide) groups is 1. The Morgan fingerprint density at radius 2 is 1.92 bits per heavy atom. The SMILES string of the molecule is CCCC(C)C(O)CCSCC. The third-order valence-corrected chi connectivity index (χ3v) is 3.10. The Kier molecular flexibility index (Phi) is 8.14. The van der Waals surface area contributed by atoms with Crippen LogP contribution in [0.5, 0.6) is 0 Å². The van der Waals surface area contributed by atoms with Crippen molar-refractivity contribution in [2.75, 3.05) is 11.5 Å². The summed E-state index contributed by atoms with van der Waals surface area (Å²) in [4.78, 5) is 0. The molecule has 0 aliphatic rings. The highest BCUT2D eigenvalue weighted by atomic mass is 32.2. The average Bonchev–Trinajstić information content (AvgIpc) is 2.05. The molecule has 0 aliphatic carbocycles. The highest BCUT2D eigenvalue weighted by Crippen LogP contribution is 2.15. The van der Waals surface area contributed by atoms with Gasteiger partial charge in [0.05, 0.1) is 6.10 Å². The maximum Gasteiger partial charge on any atom is 0.0573 e. The van der Waals surface area contributed by atoms with Gasteiger partial charge in [-0.3, -0.25) is 0 Å². The highest BCUT2D eigenvalue weighted by molar-refractivity contribution is 7.99. The van der Waals surface area contributed by atoms with Crippen LogP contribution >= 0.6 is 11.8 Å². The van der Waals surface area contributed by atoms with Gasteiger partial charge in [-0.2, -0.15) is 11.8 Å². The Morgan fingerprint density at radius 3 is 2.42 bits per heavy atom. The monoisotopic (exact) mass is 190 g/mol. The van der Waals surface area contributed by atoms with Gasteiger partial charge < -0.3 is 5.11 Å². The lowest BCUT2D eigenvalue weighted by Crippen LogP contribution is -2.18. The second-order valence-electron chi connectivity index (χ2n) is 3.32. The summed E-state index contributed by atoms with van der Waals surface area (Å²) in [6.07, 6.45) is 3.21. The third-order valence-electron chi connectivity index (χ3n) is 2.16. The standard InChI is InChI=1S/C10H22OS/c1-4-6-9(3)10(11)7-8-12-5-2/h9-11H,4-8H2,1-3H3. The first-order valence-electron chi connectivity index (χ1n) is 4.98. The minimum atomic E-state index is -0.0796. The van der Waals surface area contributed by atoms with Crippen LogP contribution in [0.2, 0.25) is 0 Å². The molecule has 0 heterocycles. The van der Waals surface area contributed by atoms with E-state index in [0.717, 1.165) is 24.3 Å². The van der Waals surface area contributed by atoms with Crippen molar-refractivity contribution in [1.82, 2.24) is 0 Å². The van der Waals surface area contributed by atoms with Gasteiger partial charge in [0.25, 0.3) is 0 Å². The minimum Gasteiger partial charge on any atom is -0.393 e. The molecule has 0 amide bonds. The van der Waals surface area contributed by atoms with E-state index in [2.05, 4.69) is 20.8 Å². The van der Waals surface area contributed by atoms with Crippen molar-refractivity contribution in [3.8, 4) is 0 Å². The van der Waals surface area contributed by atoms with Gasteiger partial charge in [-0.15, -0.1) is 0 Å². The first-order chi connectivity index (χ1) is 5.72. The van der Waals surface area contributed by atoms with Crippen LogP contribution in [0.25, 0.3) is 0 Å². The van der Waals surface area contributed by atoms with Crippen molar-refractivity contribution < 1.29 is 5.11 Å². The van der Waals surface area contributed by atoms with E-state index in [1.807, 2.05) is 11.8 Å². The largest absolute Gasteiger partial charge is 0.393 e. The van der Waals surface area contributed by atoms with Crippen molar-refractivity contribution >= 4 is 11.8 Å². The molecule has 0 fully saturated rings. The first-order valence-corrected chi connectivity index (χ1v) is 6.13. The molecular formula is C10H22OS. The van der Waals surface area contributed by atoms with Crippen LogP contribution in [0, 0.1) is 5.92 Å². The van der Waals surface area contributed by atoms with Crippen molar-refractivity contribution in [2.45, 2.75) is 46.1 Å². The quantitative estimate of drug-likeness (QED) is 0.623. The summed E-state index contributed by atoms with van der Waals surface area (Å²) >= 11 is 1.91. The lowest BCUT2D eigenvalue weighted by Gasteiger charge is -2.17.